The number of benzene rings is 2. The summed E-state index contributed by atoms with van der Waals surface area (Å²) in [6.07, 6.45) is 2.77. The van der Waals surface area contributed by atoms with Crippen LogP contribution in [0.1, 0.15) is 5.56 Å². The second kappa shape index (κ2) is 8.13. The average Bonchev–Trinajstić information content (AvgIpc) is 2.71. The first kappa shape index (κ1) is 18.1. The molecule has 3 rings (SSSR count). The van der Waals surface area contributed by atoms with E-state index in [-0.39, 0.29) is 12.3 Å². The molecule has 0 N–H and O–H groups in total. The Labute approximate surface area is 154 Å². The number of hydrogen-bond donors (Lipinski definition) is 0. The Kier molecular flexibility index (Phi) is 5.46. The Morgan fingerprint density at radius 3 is 2.74 bits per heavy atom. The molecule has 8 nitrogen and oxygen atoms in total. The molecule has 0 unspecified atom stereocenters. The van der Waals surface area contributed by atoms with Crippen molar-refractivity contribution < 1.29 is 19.0 Å². The monoisotopic (exact) mass is 367 g/mol. The largest absolute Gasteiger partial charge is 0.497 e. The maximum Gasteiger partial charge on any atom is 0.332 e. The summed E-state index contributed by atoms with van der Waals surface area (Å²) in [4.78, 5) is 24.3. The van der Waals surface area contributed by atoms with Crippen LogP contribution in [-0.2, 0) is 16.3 Å². The molecule has 2 aromatic carbocycles. The molecule has 0 fully saturated rings. The van der Waals surface area contributed by atoms with E-state index in [1.807, 2.05) is 0 Å². The number of nitrogens with zero attached hydrogens (tertiary/aromatic N) is 3. The molecular weight excluding hydrogens is 350 g/mol. The molecule has 138 valence electrons. The fourth-order valence-corrected chi connectivity index (χ4v) is 2.41. The van der Waals surface area contributed by atoms with Crippen molar-refractivity contribution in [1.82, 2.24) is 15.0 Å². The third-order valence-corrected chi connectivity index (χ3v) is 3.79. The number of rotatable bonds is 6. The second-order valence-electron chi connectivity index (χ2n) is 5.44. The van der Waals surface area contributed by atoms with Gasteiger partial charge in [-0.25, -0.2) is 4.79 Å². The maximum atomic E-state index is 12.3. The smallest absolute Gasteiger partial charge is 0.332 e. The lowest BCUT2D eigenvalue weighted by Gasteiger charge is -2.07. The summed E-state index contributed by atoms with van der Waals surface area (Å²) in [7, 11) is 3.08. The van der Waals surface area contributed by atoms with Gasteiger partial charge in [0.25, 0.3) is 5.56 Å². The summed E-state index contributed by atoms with van der Waals surface area (Å²) in [6, 6.07) is 12.0. The van der Waals surface area contributed by atoms with Gasteiger partial charge < -0.3 is 14.2 Å². The van der Waals surface area contributed by atoms with E-state index in [9.17, 15) is 9.59 Å². The lowest BCUT2D eigenvalue weighted by Crippen LogP contribution is -2.26. The molecule has 1 heterocycles. The van der Waals surface area contributed by atoms with Crippen LogP contribution in [0.5, 0.6) is 11.5 Å². The number of esters is 1. The molecule has 0 aliphatic rings. The lowest BCUT2D eigenvalue weighted by atomic mass is 10.1. The van der Waals surface area contributed by atoms with Crippen LogP contribution >= 0.6 is 0 Å². The maximum absolute atomic E-state index is 12.3. The van der Waals surface area contributed by atoms with E-state index in [1.165, 1.54) is 13.2 Å². The molecule has 27 heavy (non-hydrogen) atoms. The number of fused-ring (bicyclic) bond motifs is 1. The number of carbonyl (C=O) groups is 1. The second-order valence-corrected chi connectivity index (χ2v) is 5.44. The minimum absolute atomic E-state index is 0.338. The highest BCUT2D eigenvalue weighted by molar-refractivity contribution is 5.87. The average molecular weight is 367 g/mol. The van der Waals surface area contributed by atoms with E-state index in [1.54, 1.807) is 55.7 Å². The van der Waals surface area contributed by atoms with Crippen molar-refractivity contribution in [2.45, 2.75) is 6.73 Å². The quantitative estimate of drug-likeness (QED) is 0.486. The Hall–Kier alpha value is -3.68. The highest BCUT2D eigenvalue weighted by Crippen LogP contribution is 2.25. The van der Waals surface area contributed by atoms with Gasteiger partial charge in [0, 0.05) is 11.6 Å². The van der Waals surface area contributed by atoms with Crippen molar-refractivity contribution in [1.29, 1.82) is 0 Å². The zero-order chi connectivity index (χ0) is 19.2. The molecule has 1 aromatic heterocycles. The van der Waals surface area contributed by atoms with E-state index >= 15 is 0 Å². The molecule has 3 aromatic rings. The van der Waals surface area contributed by atoms with Gasteiger partial charge in [-0.1, -0.05) is 17.3 Å². The Balaban J connectivity index is 1.71. The van der Waals surface area contributed by atoms with Crippen LogP contribution in [0.25, 0.3) is 17.0 Å². The molecule has 0 aliphatic carbocycles. The van der Waals surface area contributed by atoms with Gasteiger partial charge >= 0.3 is 5.97 Å². The predicted octanol–water partition coefficient (Wildman–Crippen LogP) is 2.02. The molecule has 0 radical (unpaired) electrons. The fraction of sp³-hybridized carbons (Fsp3) is 0.158. The van der Waals surface area contributed by atoms with E-state index in [4.69, 9.17) is 14.2 Å². The minimum Gasteiger partial charge on any atom is -0.497 e. The molecule has 0 amide bonds. The Morgan fingerprint density at radius 1 is 1.15 bits per heavy atom. The van der Waals surface area contributed by atoms with Crippen molar-refractivity contribution in [3.05, 3.63) is 64.5 Å². The van der Waals surface area contributed by atoms with Gasteiger partial charge in [-0.3, -0.25) is 4.79 Å². The van der Waals surface area contributed by atoms with Crippen LogP contribution in [-0.4, -0.2) is 35.2 Å². The topological polar surface area (TPSA) is 92.5 Å². The zero-order valence-corrected chi connectivity index (χ0v) is 14.8. The molecular formula is C19H17N3O5. The van der Waals surface area contributed by atoms with Crippen LogP contribution < -0.4 is 15.0 Å². The third-order valence-electron chi connectivity index (χ3n) is 3.79. The van der Waals surface area contributed by atoms with Crippen molar-refractivity contribution in [3.8, 4) is 11.5 Å². The molecule has 0 aliphatic heterocycles. The minimum atomic E-state index is -0.637. The number of carbonyl (C=O) groups excluding carboxylic acids is 1. The first-order chi connectivity index (χ1) is 13.1. The van der Waals surface area contributed by atoms with E-state index in [0.717, 1.165) is 4.68 Å². The molecule has 0 spiro atoms. The summed E-state index contributed by atoms with van der Waals surface area (Å²) in [5.41, 5.74) is 0.749. The normalized spacial score (nSPS) is 10.9. The first-order valence-corrected chi connectivity index (χ1v) is 8.02. The van der Waals surface area contributed by atoms with Gasteiger partial charge in [-0.15, -0.1) is 5.10 Å². The highest BCUT2D eigenvalue weighted by atomic mass is 16.5. The standard InChI is InChI=1S/C19H17N3O5/c1-25-14-8-9-17(26-2)13(11-14)7-10-18(23)27-12-22-19(24)15-5-3-4-6-16(15)20-21-22/h3-11H,12H2,1-2H3/b10-7+. The summed E-state index contributed by atoms with van der Waals surface area (Å²) in [6.45, 7) is -0.338. The molecule has 0 atom stereocenters. The van der Waals surface area contributed by atoms with E-state index in [0.29, 0.717) is 28.0 Å². The molecule has 8 heteroatoms. The van der Waals surface area contributed by atoms with Gasteiger partial charge in [-0.05, 0) is 36.4 Å². The molecule has 0 bridgehead atoms. The van der Waals surface area contributed by atoms with Gasteiger partial charge in [0.15, 0.2) is 6.73 Å². The number of ether oxygens (including phenoxy) is 3. The van der Waals surface area contributed by atoms with Gasteiger partial charge in [0.1, 0.15) is 17.0 Å². The molecule has 0 saturated heterocycles. The van der Waals surface area contributed by atoms with Crippen molar-refractivity contribution in [3.63, 3.8) is 0 Å². The summed E-state index contributed by atoms with van der Waals surface area (Å²) >= 11 is 0. The van der Waals surface area contributed by atoms with Gasteiger partial charge in [0.2, 0.25) is 0 Å². The highest BCUT2D eigenvalue weighted by Gasteiger charge is 2.07. The molecule has 0 saturated carbocycles. The van der Waals surface area contributed by atoms with Gasteiger partial charge in [0.05, 0.1) is 19.6 Å². The fourth-order valence-electron chi connectivity index (χ4n) is 2.41. The lowest BCUT2D eigenvalue weighted by molar-refractivity contribution is -0.141. The Morgan fingerprint density at radius 2 is 1.96 bits per heavy atom. The number of methoxy groups -OCH3 is 2. The van der Waals surface area contributed by atoms with Crippen LogP contribution in [0.15, 0.2) is 53.3 Å². The van der Waals surface area contributed by atoms with Crippen molar-refractivity contribution in [2.75, 3.05) is 14.2 Å². The first-order valence-electron chi connectivity index (χ1n) is 8.02. The van der Waals surface area contributed by atoms with E-state index < -0.39 is 5.97 Å². The SMILES string of the molecule is COc1ccc(OC)c(/C=C/C(=O)OCn2nnc3ccccc3c2=O)c1. The van der Waals surface area contributed by atoms with Crippen LogP contribution in [0, 0.1) is 0 Å². The van der Waals surface area contributed by atoms with Crippen LogP contribution in [0.2, 0.25) is 0 Å². The Bertz CT molecular complexity index is 1060. The zero-order valence-electron chi connectivity index (χ0n) is 14.8. The van der Waals surface area contributed by atoms with Crippen molar-refractivity contribution >= 4 is 22.9 Å². The van der Waals surface area contributed by atoms with Crippen LogP contribution in [0.4, 0.5) is 0 Å². The summed E-state index contributed by atoms with van der Waals surface area (Å²) in [5.74, 6) is 0.569. The van der Waals surface area contributed by atoms with E-state index in [2.05, 4.69) is 10.3 Å². The number of hydrogen-bond acceptors (Lipinski definition) is 7. The van der Waals surface area contributed by atoms with Crippen LogP contribution in [0.3, 0.4) is 0 Å². The number of aromatic nitrogens is 3. The summed E-state index contributed by atoms with van der Waals surface area (Å²) < 4.78 is 16.5. The van der Waals surface area contributed by atoms with Crippen molar-refractivity contribution in [2.24, 2.45) is 0 Å². The third kappa shape index (κ3) is 4.12. The van der Waals surface area contributed by atoms with Gasteiger partial charge in [-0.2, -0.15) is 4.68 Å². The summed E-state index contributed by atoms with van der Waals surface area (Å²) in [5, 5.41) is 8.09. The predicted molar refractivity (Wildman–Crippen MR) is 98.5 cm³/mol.